The molecule has 0 aliphatic heterocycles. The van der Waals surface area contributed by atoms with E-state index in [0.29, 0.717) is 0 Å². The minimum Gasteiger partial charge on any atom is -0.388 e. The van der Waals surface area contributed by atoms with Crippen LogP contribution >= 0.6 is 0 Å². The van der Waals surface area contributed by atoms with E-state index in [4.69, 9.17) is 0 Å². The fourth-order valence-electron chi connectivity index (χ4n) is 9.20. The molecule has 57 heavy (non-hydrogen) atoms. The fraction of sp³-hybridized carbons (Fsp3) is 0.0357. The molecule has 0 amide bonds. The van der Waals surface area contributed by atoms with Crippen molar-refractivity contribution in [1.82, 2.24) is 0 Å². The summed E-state index contributed by atoms with van der Waals surface area (Å²) < 4.78 is 0. The summed E-state index contributed by atoms with van der Waals surface area (Å²) in [6, 6.07) is 69.6. The van der Waals surface area contributed by atoms with Gasteiger partial charge in [-0.25, -0.2) is 0 Å². The summed E-state index contributed by atoms with van der Waals surface area (Å²) in [6.07, 6.45) is 8.36. The first-order chi connectivity index (χ1) is 28.1. The van der Waals surface area contributed by atoms with Crippen molar-refractivity contribution < 1.29 is 0 Å². The summed E-state index contributed by atoms with van der Waals surface area (Å²) in [4.78, 5) is 0. The molecule has 9 aromatic carbocycles. The van der Waals surface area contributed by atoms with Crippen LogP contribution in [-0.2, 0) is 5.41 Å². The third-order valence-electron chi connectivity index (χ3n) is 11.9. The third kappa shape index (κ3) is 5.71. The van der Waals surface area contributed by atoms with Crippen LogP contribution in [0.25, 0.3) is 71.3 Å². The van der Waals surface area contributed by atoms with Gasteiger partial charge in [-0.15, -0.1) is 0 Å². The molecule has 0 atom stereocenters. The lowest BCUT2D eigenvalue weighted by atomic mass is 9.64. The Bertz CT molecular complexity index is 2960. The second-order valence-corrected chi connectivity index (χ2v) is 15.0. The lowest BCUT2D eigenvalue weighted by molar-refractivity contribution is 0.830. The average molecular weight is 728 g/mol. The van der Waals surface area contributed by atoms with E-state index in [1.165, 1.54) is 93.5 Å². The van der Waals surface area contributed by atoms with Gasteiger partial charge in [0.1, 0.15) is 0 Å². The normalized spacial score (nSPS) is 13.2. The van der Waals surface area contributed by atoms with E-state index in [-0.39, 0.29) is 0 Å². The molecule has 0 fully saturated rings. The van der Waals surface area contributed by atoms with Crippen molar-refractivity contribution in [3.63, 3.8) is 0 Å². The highest BCUT2D eigenvalue weighted by Crippen LogP contribution is 2.61. The minimum atomic E-state index is -0.724. The Morgan fingerprint density at radius 1 is 0.439 bits per heavy atom. The molecule has 10 rings (SSSR count). The number of para-hydroxylation sites is 1. The van der Waals surface area contributed by atoms with Gasteiger partial charge in [-0.05, 0) is 130 Å². The summed E-state index contributed by atoms with van der Waals surface area (Å²) in [6.45, 7) is 4.05. The molecular formula is C56H41N. The summed E-state index contributed by atoms with van der Waals surface area (Å²) in [7, 11) is 2.04. The smallest absolute Gasteiger partial charge is 0.0739 e. The predicted octanol–water partition coefficient (Wildman–Crippen LogP) is 14.7. The van der Waals surface area contributed by atoms with Gasteiger partial charge in [0.15, 0.2) is 0 Å². The lowest BCUT2D eigenvalue weighted by Crippen LogP contribution is -2.30. The monoisotopic (exact) mass is 727 g/mol. The maximum atomic E-state index is 4.05. The van der Waals surface area contributed by atoms with Crippen molar-refractivity contribution in [2.45, 2.75) is 5.41 Å². The number of nitrogens with one attached hydrogen (secondary N) is 1. The number of allylic oxidation sites excluding steroid dienone is 5. The summed E-state index contributed by atoms with van der Waals surface area (Å²) in [5.74, 6) is 0. The first-order valence-corrected chi connectivity index (χ1v) is 19.7. The average Bonchev–Trinajstić information content (AvgIpc) is 3.56. The third-order valence-corrected chi connectivity index (χ3v) is 11.9. The van der Waals surface area contributed by atoms with Gasteiger partial charge in [0.2, 0.25) is 0 Å². The van der Waals surface area contributed by atoms with Gasteiger partial charge >= 0.3 is 0 Å². The van der Waals surface area contributed by atoms with Crippen molar-refractivity contribution in [1.29, 1.82) is 0 Å². The van der Waals surface area contributed by atoms with Crippen molar-refractivity contribution in [2.24, 2.45) is 0 Å². The fourth-order valence-corrected chi connectivity index (χ4v) is 9.20. The van der Waals surface area contributed by atoms with Gasteiger partial charge in [0.05, 0.1) is 5.41 Å². The zero-order chi connectivity index (χ0) is 38.3. The molecular weight excluding hydrogens is 687 g/mol. The minimum absolute atomic E-state index is 0.724. The van der Waals surface area contributed by atoms with E-state index in [2.05, 4.69) is 212 Å². The molecule has 0 radical (unpaired) electrons. The van der Waals surface area contributed by atoms with Crippen molar-refractivity contribution in [3.05, 3.63) is 241 Å². The molecule has 1 aliphatic rings. The van der Waals surface area contributed by atoms with Gasteiger partial charge in [-0.1, -0.05) is 183 Å². The molecule has 0 saturated heterocycles. The van der Waals surface area contributed by atoms with Crippen LogP contribution in [0, 0.1) is 0 Å². The van der Waals surface area contributed by atoms with Gasteiger partial charge < -0.3 is 5.32 Å². The predicted molar refractivity (Wildman–Crippen MR) is 245 cm³/mol. The van der Waals surface area contributed by atoms with Gasteiger partial charge in [0.25, 0.3) is 0 Å². The molecule has 270 valence electrons. The zero-order valence-electron chi connectivity index (χ0n) is 31.9. The van der Waals surface area contributed by atoms with Crippen LogP contribution in [0.2, 0.25) is 0 Å². The van der Waals surface area contributed by atoms with E-state index in [1.807, 2.05) is 19.2 Å². The Labute approximate surface area is 334 Å². The van der Waals surface area contributed by atoms with Crippen LogP contribution in [0.4, 0.5) is 5.69 Å². The maximum Gasteiger partial charge on any atom is 0.0739 e. The van der Waals surface area contributed by atoms with Crippen LogP contribution in [0.1, 0.15) is 22.3 Å². The largest absolute Gasteiger partial charge is 0.388 e. The summed E-state index contributed by atoms with van der Waals surface area (Å²) in [5.41, 5.74) is 13.7. The van der Waals surface area contributed by atoms with Crippen LogP contribution in [0.5, 0.6) is 0 Å². The number of anilines is 1. The Kier molecular flexibility index (Phi) is 8.50. The second kappa shape index (κ2) is 14.1. The molecule has 0 unspecified atom stereocenters. The van der Waals surface area contributed by atoms with Crippen molar-refractivity contribution >= 4 is 43.6 Å². The number of fused-ring (bicyclic) bond motifs is 6. The molecule has 0 aromatic heterocycles. The Hall–Kier alpha value is -7.22. The van der Waals surface area contributed by atoms with E-state index >= 15 is 0 Å². The molecule has 1 N–H and O–H groups in total. The standard InChI is InChI=1S/C56H41N/c1-3-4-5-20-51(48-28-25-40-16-8-11-19-43(40)35-48)56(52-21-12-13-22-55(52)57-2)53-36-46(44-26-23-38-14-6-9-17-41(38)33-44)29-31-49(53)50-32-30-47(37-54(50)56)45-27-24-39-15-7-10-18-42(39)34-45/h3-37,57H,1H2,2H3/b5-4-,51-20+. The molecule has 1 nitrogen and oxygen atoms in total. The molecule has 1 heteroatoms. The number of benzene rings is 9. The van der Waals surface area contributed by atoms with E-state index in [1.54, 1.807) is 0 Å². The van der Waals surface area contributed by atoms with Crippen LogP contribution in [0.3, 0.4) is 0 Å². The molecule has 0 saturated carbocycles. The molecule has 9 aromatic rings. The van der Waals surface area contributed by atoms with Crippen molar-refractivity contribution in [3.8, 4) is 33.4 Å². The first-order valence-electron chi connectivity index (χ1n) is 19.7. The summed E-state index contributed by atoms with van der Waals surface area (Å²) >= 11 is 0. The molecule has 0 heterocycles. The van der Waals surface area contributed by atoms with Crippen molar-refractivity contribution in [2.75, 3.05) is 12.4 Å². The Balaban J connectivity index is 1.33. The number of rotatable bonds is 8. The lowest BCUT2D eigenvalue weighted by Gasteiger charge is -2.38. The highest BCUT2D eigenvalue weighted by Gasteiger charge is 2.49. The quantitative estimate of drug-likeness (QED) is 0.154. The van der Waals surface area contributed by atoms with Crippen LogP contribution in [0.15, 0.2) is 219 Å². The Morgan fingerprint density at radius 3 is 1.44 bits per heavy atom. The summed E-state index contributed by atoms with van der Waals surface area (Å²) in [5, 5.41) is 11.0. The highest BCUT2D eigenvalue weighted by atomic mass is 14.8. The SMILES string of the molecule is C=C/C=C\C=C(/c1ccc2ccccc2c1)C1(c2ccccc2NC)c2cc(-c3ccc4ccccc4c3)ccc2-c2ccc(-c3ccc4ccccc4c3)cc21. The second-order valence-electron chi connectivity index (χ2n) is 15.0. The molecule has 0 bridgehead atoms. The van der Waals surface area contributed by atoms with Gasteiger partial charge in [0, 0.05) is 12.7 Å². The molecule has 0 spiro atoms. The first kappa shape index (κ1) is 34.3. The maximum absolute atomic E-state index is 4.05. The van der Waals surface area contributed by atoms with Gasteiger partial charge in [-0.3, -0.25) is 0 Å². The number of hydrogen-bond acceptors (Lipinski definition) is 1. The van der Waals surface area contributed by atoms with E-state index < -0.39 is 5.41 Å². The zero-order valence-corrected chi connectivity index (χ0v) is 31.9. The van der Waals surface area contributed by atoms with E-state index in [9.17, 15) is 0 Å². The topological polar surface area (TPSA) is 12.0 Å². The Morgan fingerprint density at radius 2 is 0.895 bits per heavy atom. The number of hydrogen-bond donors (Lipinski definition) is 1. The van der Waals surface area contributed by atoms with Crippen LogP contribution < -0.4 is 5.32 Å². The molecule has 1 aliphatic carbocycles. The highest BCUT2D eigenvalue weighted by molar-refractivity contribution is 6.01. The van der Waals surface area contributed by atoms with Crippen LogP contribution in [-0.4, -0.2) is 7.05 Å². The van der Waals surface area contributed by atoms with E-state index in [0.717, 1.165) is 5.69 Å². The van der Waals surface area contributed by atoms with Gasteiger partial charge in [-0.2, -0.15) is 0 Å².